The molecule has 1 amide bonds. The van der Waals surface area contributed by atoms with Gasteiger partial charge in [-0.25, -0.2) is 15.0 Å². The van der Waals surface area contributed by atoms with Crippen LogP contribution in [0.2, 0.25) is 0 Å². The number of benzene rings is 2. The smallest absolute Gasteiger partial charge is 0.257 e. The van der Waals surface area contributed by atoms with E-state index in [2.05, 4.69) is 32.4 Å². The van der Waals surface area contributed by atoms with Gasteiger partial charge in [-0.15, -0.1) is 0 Å². The molecule has 4 aromatic rings. The lowest BCUT2D eigenvalue weighted by Crippen LogP contribution is -2.24. The van der Waals surface area contributed by atoms with Crippen molar-refractivity contribution < 1.29 is 19.0 Å². The molecule has 0 saturated heterocycles. The average Bonchev–Trinajstić information content (AvgIpc) is 2.86. The molecular formula is C25H24N4O4. The second-order valence-electron chi connectivity index (χ2n) is 7.30. The second-order valence-corrected chi connectivity index (χ2v) is 7.30. The largest absolute Gasteiger partial charge is 0.491 e. The summed E-state index contributed by atoms with van der Waals surface area (Å²) in [7, 11) is 4.72. The summed E-state index contributed by atoms with van der Waals surface area (Å²) in [6, 6.07) is 13.6. The number of aromatic nitrogens is 3. The van der Waals surface area contributed by atoms with Gasteiger partial charge >= 0.3 is 0 Å². The van der Waals surface area contributed by atoms with Gasteiger partial charge in [-0.1, -0.05) is 12.1 Å². The van der Waals surface area contributed by atoms with Gasteiger partial charge in [-0.05, 0) is 48.4 Å². The van der Waals surface area contributed by atoms with E-state index in [9.17, 15) is 4.79 Å². The maximum atomic E-state index is 11.4. The zero-order valence-electron chi connectivity index (χ0n) is 18.9. The molecule has 2 aromatic carbocycles. The Balaban J connectivity index is 1.80. The molecule has 2 heterocycles. The van der Waals surface area contributed by atoms with Gasteiger partial charge in [0.2, 0.25) is 0 Å². The van der Waals surface area contributed by atoms with E-state index in [1.807, 2.05) is 37.3 Å². The molecule has 0 spiro atoms. The molecule has 0 saturated carbocycles. The summed E-state index contributed by atoms with van der Waals surface area (Å²) in [5, 5.41) is 3.48. The number of rotatable bonds is 7. The highest BCUT2D eigenvalue weighted by atomic mass is 16.5. The lowest BCUT2D eigenvalue weighted by molar-refractivity contribution is -0.122. The monoisotopic (exact) mass is 444 g/mol. The van der Waals surface area contributed by atoms with E-state index in [4.69, 9.17) is 14.2 Å². The number of hydrogen-bond acceptors (Lipinski definition) is 7. The van der Waals surface area contributed by atoms with Crippen LogP contribution in [0.5, 0.6) is 17.4 Å². The Morgan fingerprint density at radius 2 is 1.73 bits per heavy atom. The lowest BCUT2D eigenvalue weighted by atomic mass is 9.95. The van der Waals surface area contributed by atoms with E-state index in [-0.39, 0.29) is 12.5 Å². The summed E-state index contributed by atoms with van der Waals surface area (Å²) < 4.78 is 16.2. The number of pyridine rings is 1. The van der Waals surface area contributed by atoms with Crippen molar-refractivity contribution in [3.8, 4) is 39.6 Å². The fourth-order valence-corrected chi connectivity index (χ4v) is 3.52. The third kappa shape index (κ3) is 4.55. The quantitative estimate of drug-likeness (QED) is 0.463. The van der Waals surface area contributed by atoms with E-state index >= 15 is 0 Å². The van der Waals surface area contributed by atoms with Crippen molar-refractivity contribution in [3.05, 3.63) is 60.7 Å². The van der Waals surface area contributed by atoms with Crippen LogP contribution in [0.15, 0.2) is 55.0 Å². The Bertz CT molecular complexity index is 1310. The molecule has 33 heavy (non-hydrogen) atoms. The molecule has 0 unspecified atom stereocenters. The van der Waals surface area contributed by atoms with E-state index in [1.54, 1.807) is 33.8 Å². The third-order valence-electron chi connectivity index (χ3n) is 5.32. The van der Waals surface area contributed by atoms with Gasteiger partial charge in [-0.3, -0.25) is 4.79 Å². The predicted octanol–water partition coefficient (Wildman–Crippen LogP) is 3.81. The number of amides is 1. The van der Waals surface area contributed by atoms with Crippen molar-refractivity contribution in [1.82, 2.24) is 20.3 Å². The number of nitrogens with one attached hydrogen (secondary N) is 1. The Hall–Kier alpha value is -4.20. The normalized spacial score (nSPS) is 10.7. The first-order chi connectivity index (χ1) is 16.0. The Morgan fingerprint density at radius 3 is 2.42 bits per heavy atom. The number of carbonyl (C=O) groups is 1. The maximum absolute atomic E-state index is 11.4. The molecule has 0 atom stereocenters. The first-order valence-corrected chi connectivity index (χ1v) is 10.3. The minimum absolute atomic E-state index is 0.0347. The highest BCUT2D eigenvalue weighted by Gasteiger charge is 2.14. The number of ether oxygens (including phenoxy) is 3. The summed E-state index contributed by atoms with van der Waals surface area (Å²) >= 11 is 0. The molecule has 8 heteroatoms. The van der Waals surface area contributed by atoms with E-state index in [1.165, 1.54) is 0 Å². The summed E-state index contributed by atoms with van der Waals surface area (Å²) in [5.41, 5.74) is 5.45. The molecule has 8 nitrogen and oxygen atoms in total. The number of carbonyl (C=O) groups excluding carboxylic acids is 1. The summed E-state index contributed by atoms with van der Waals surface area (Å²) in [4.78, 5) is 24.7. The number of aryl methyl sites for hydroxylation is 1. The number of methoxy groups -OCH3 is 2. The fraction of sp³-hybridized carbons (Fsp3) is 0.200. The first-order valence-electron chi connectivity index (χ1n) is 10.3. The Morgan fingerprint density at radius 1 is 0.939 bits per heavy atom. The summed E-state index contributed by atoms with van der Waals surface area (Å²) in [6.07, 6.45) is 3.32. The predicted molar refractivity (Wildman–Crippen MR) is 126 cm³/mol. The molecular weight excluding hydrogens is 420 g/mol. The average molecular weight is 444 g/mol. The molecule has 2 aromatic heterocycles. The van der Waals surface area contributed by atoms with E-state index < -0.39 is 0 Å². The van der Waals surface area contributed by atoms with Gasteiger partial charge < -0.3 is 19.5 Å². The fourth-order valence-electron chi connectivity index (χ4n) is 3.52. The van der Waals surface area contributed by atoms with Gasteiger partial charge in [0.05, 0.1) is 19.7 Å². The standard InChI is InChI=1S/C25H24N4O4/c1-15-20-9-17(18-11-22(31-3)25(32-4)27-12-18)10-21(24(20)29-14-28-15)16-5-7-19(8-6-16)33-13-23(30)26-2/h5-12,14H,13H2,1-4H3,(H,26,30). The molecule has 0 aliphatic carbocycles. The SMILES string of the molecule is CNC(=O)COc1ccc(-c2cc(-c3cnc(OC)c(OC)c3)cc3c(C)ncnc23)cc1. The van der Waals surface area contributed by atoms with Crippen LogP contribution in [0.4, 0.5) is 0 Å². The molecule has 168 valence electrons. The second kappa shape index (κ2) is 9.52. The highest BCUT2D eigenvalue weighted by Crippen LogP contribution is 2.36. The van der Waals surface area contributed by atoms with Crippen molar-refractivity contribution in [2.45, 2.75) is 6.92 Å². The van der Waals surface area contributed by atoms with E-state index in [0.717, 1.165) is 38.9 Å². The van der Waals surface area contributed by atoms with Gasteiger partial charge in [-0.2, -0.15) is 0 Å². The third-order valence-corrected chi connectivity index (χ3v) is 5.32. The minimum atomic E-state index is -0.187. The van der Waals surface area contributed by atoms with Crippen molar-refractivity contribution in [3.63, 3.8) is 0 Å². The minimum Gasteiger partial charge on any atom is -0.491 e. The number of likely N-dealkylation sites (N-methyl/N-ethyl adjacent to an activating group) is 1. The molecule has 0 bridgehead atoms. The van der Waals surface area contributed by atoms with Crippen LogP contribution < -0.4 is 19.5 Å². The van der Waals surface area contributed by atoms with Crippen LogP contribution in [0, 0.1) is 6.92 Å². The molecule has 1 N–H and O–H groups in total. The van der Waals surface area contributed by atoms with Gasteiger partial charge in [0, 0.05) is 35.5 Å². The van der Waals surface area contributed by atoms with Gasteiger partial charge in [0.25, 0.3) is 11.8 Å². The zero-order chi connectivity index (χ0) is 23.4. The van der Waals surface area contributed by atoms with E-state index in [0.29, 0.717) is 17.4 Å². The van der Waals surface area contributed by atoms with Crippen LogP contribution in [-0.2, 0) is 4.79 Å². The summed E-state index contributed by atoms with van der Waals surface area (Å²) in [6.45, 7) is 1.92. The van der Waals surface area contributed by atoms with Crippen LogP contribution in [-0.4, -0.2) is 48.7 Å². The van der Waals surface area contributed by atoms with Crippen LogP contribution in [0.3, 0.4) is 0 Å². The molecule has 0 fully saturated rings. The first kappa shape index (κ1) is 22.0. The molecule has 0 aliphatic heterocycles. The zero-order valence-corrected chi connectivity index (χ0v) is 18.9. The van der Waals surface area contributed by atoms with Crippen molar-refractivity contribution in [1.29, 1.82) is 0 Å². The summed E-state index contributed by atoms with van der Waals surface area (Å²) in [5.74, 6) is 1.40. The van der Waals surface area contributed by atoms with Crippen molar-refractivity contribution >= 4 is 16.8 Å². The highest BCUT2D eigenvalue weighted by molar-refractivity contribution is 5.98. The Labute approximate surface area is 191 Å². The number of nitrogens with zero attached hydrogens (tertiary/aromatic N) is 3. The maximum Gasteiger partial charge on any atom is 0.257 e. The van der Waals surface area contributed by atoms with Gasteiger partial charge in [0.15, 0.2) is 12.4 Å². The van der Waals surface area contributed by atoms with Crippen LogP contribution in [0.25, 0.3) is 33.2 Å². The van der Waals surface area contributed by atoms with Crippen LogP contribution in [0.1, 0.15) is 5.69 Å². The van der Waals surface area contributed by atoms with Crippen LogP contribution >= 0.6 is 0 Å². The number of fused-ring (bicyclic) bond motifs is 1. The lowest BCUT2D eigenvalue weighted by Gasteiger charge is -2.13. The topological polar surface area (TPSA) is 95.5 Å². The van der Waals surface area contributed by atoms with Crippen molar-refractivity contribution in [2.24, 2.45) is 0 Å². The van der Waals surface area contributed by atoms with Crippen molar-refractivity contribution in [2.75, 3.05) is 27.9 Å². The number of hydrogen-bond donors (Lipinski definition) is 1. The molecule has 4 rings (SSSR count). The van der Waals surface area contributed by atoms with Gasteiger partial charge in [0.1, 0.15) is 12.1 Å². The Kier molecular flexibility index (Phi) is 6.35. The molecule has 0 aliphatic rings. The molecule has 0 radical (unpaired) electrons.